The van der Waals surface area contributed by atoms with Crippen molar-refractivity contribution in [1.29, 1.82) is 0 Å². The maximum Gasteiger partial charge on any atom is 0.449 e. The lowest BCUT2D eigenvalue weighted by molar-refractivity contribution is -0.307. The number of aliphatic carboxylic acids is 1. The van der Waals surface area contributed by atoms with Crippen molar-refractivity contribution in [1.82, 2.24) is 11.5 Å². The predicted octanol–water partition coefficient (Wildman–Crippen LogP) is 1.16. The summed E-state index contributed by atoms with van der Waals surface area (Å²) in [5, 5.41) is 12.9. The first-order valence-electron chi connectivity index (χ1n) is 5.41. The summed E-state index contributed by atoms with van der Waals surface area (Å²) in [6.45, 7) is 1.16. The topological polar surface area (TPSA) is 119 Å². The van der Waals surface area contributed by atoms with Crippen LogP contribution in [0.2, 0.25) is 0 Å². The van der Waals surface area contributed by atoms with E-state index < -0.39 is 29.9 Å². The zero-order valence-electron chi connectivity index (χ0n) is 11.3. The second-order valence-corrected chi connectivity index (χ2v) is 4.88. The van der Waals surface area contributed by atoms with Gasteiger partial charge >= 0.3 is 6.18 Å². The molecule has 1 unspecified atom stereocenters. The lowest BCUT2D eigenvalue weighted by Gasteiger charge is -2.17. The van der Waals surface area contributed by atoms with Gasteiger partial charge in [0, 0.05) is 12.7 Å². The molecule has 0 saturated carbocycles. The van der Waals surface area contributed by atoms with Gasteiger partial charge in [-0.15, -0.1) is 0 Å². The fourth-order valence-electron chi connectivity index (χ4n) is 1.30. The van der Waals surface area contributed by atoms with E-state index in [0.29, 0.717) is 0 Å². The summed E-state index contributed by atoms with van der Waals surface area (Å²) >= 11 is 1.01. The highest BCUT2D eigenvalue weighted by molar-refractivity contribution is 7.98. The Bertz CT molecular complexity index is 490. The van der Waals surface area contributed by atoms with Crippen LogP contribution in [0.15, 0.2) is 16.5 Å². The van der Waals surface area contributed by atoms with Crippen molar-refractivity contribution in [3.05, 3.63) is 23.7 Å². The molecule has 0 spiro atoms. The average Bonchev–Trinajstić information content (AvgIpc) is 2.75. The van der Waals surface area contributed by atoms with E-state index in [-0.39, 0.29) is 23.4 Å². The molecular weight excluding hydrogens is 313 g/mol. The van der Waals surface area contributed by atoms with E-state index in [2.05, 4.69) is 9.73 Å². The maximum absolute atomic E-state index is 12.3. The molecule has 0 bridgehead atoms. The van der Waals surface area contributed by atoms with Crippen molar-refractivity contribution in [2.75, 3.05) is 5.75 Å². The van der Waals surface area contributed by atoms with Crippen LogP contribution in [0.25, 0.3) is 0 Å². The molecule has 0 aromatic carbocycles. The number of hydrogen-bond acceptors (Lipinski definition) is 5. The fraction of sp³-hybridized carbons (Fsp3) is 0.455. The van der Waals surface area contributed by atoms with Crippen molar-refractivity contribution in [3.63, 3.8) is 0 Å². The molecule has 10 heteroatoms. The number of alkyl halides is 3. The molecule has 0 aliphatic heterocycles. The third kappa shape index (κ3) is 6.54. The van der Waals surface area contributed by atoms with Crippen LogP contribution in [0.4, 0.5) is 13.2 Å². The number of amides is 1. The summed E-state index contributed by atoms with van der Waals surface area (Å²) in [5.74, 6) is -3.00. The van der Waals surface area contributed by atoms with Gasteiger partial charge in [0.1, 0.15) is 5.76 Å². The van der Waals surface area contributed by atoms with E-state index in [4.69, 9.17) is 0 Å². The van der Waals surface area contributed by atoms with Gasteiger partial charge in [0.2, 0.25) is 11.7 Å². The summed E-state index contributed by atoms with van der Waals surface area (Å²) < 4.78 is 41.4. The molecule has 1 atom stereocenters. The molecule has 120 valence electrons. The molecule has 1 heterocycles. The van der Waals surface area contributed by atoms with Crippen LogP contribution in [0.5, 0.6) is 0 Å². The first-order valence-corrected chi connectivity index (χ1v) is 6.57. The Morgan fingerprint density at radius 3 is 2.48 bits per heavy atom. The van der Waals surface area contributed by atoms with E-state index in [1.165, 1.54) is 6.07 Å². The molecule has 0 aliphatic rings. The number of thioether (sulfide) groups is 1. The smallest absolute Gasteiger partial charge is 0.449 e. The Morgan fingerprint density at radius 2 is 2.05 bits per heavy atom. The average molecular weight is 328 g/mol. The molecule has 1 amide bonds. The van der Waals surface area contributed by atoms with E-state index >= 15 is 0 Å². The van der Waals surface area contributed by atoms with E-state index in [1.54, 1.807) is 0 Å². The van der Waals surface area contributed by atoms with Crippen LogP contribution >= 0.6 is 11.8 Å². The highest BCUT2D eigenvalue weighted by Crippen LogP contribution is 2.31. The Kier molecular flexibility index (Phi) is 7.30. The van der Waals surface area contributed by atoms with Crippen molar-refractivity contribution < 1.29 is 32.3 Å². The predicted molar refractivity (Wildman–Crippen MR) is 68.5 cm³/mol. The van der Waals surface area contributed by atoms with Gasteiger partial charge in [-0.1, -0.05) is 0 Å². The Balaban J connectivity index is 0.00000400. The van der Waals surface area contributed by atoms with Gasteiger partial charge in [0.15, 0.2) is 0 Å². The van der Waals surface area contributed by atoms with E-state index in [9.17, 15) is 27.9 Å². The van der Waals surface area contributed by atoms with Gasteiger partial charge in [0.25, 0.3) is 0 Å². The molecule has 1 aromatic heterocycles. The highest BCUT2D eigenvalue weighted by Gasteiger charge is 2.34. The number of carboxylic acid groups (broad SMARTS) is 1. The van der Waals surface area contributed by atoms with Crippen molar-refractivity contribution in [2.45, 2.75) is 24.9 Å². The lowest BCUT2D eigenvalue weighted by atomic mass is 10.3. The molecule has 21 heavy (non-hydrogen) atoms. The molecular formula is C11H15F3N2O4S. The molecule has 1 aromatic rings. The summed E-state index contributed by atoms with van der Waals surface area (Å²) in [6, 6.07) is 0.775. The maximum atomic E-state index is 12.3. The lowest BCUT2D eigenvalue weighted by Crippen LogP contribution is -2.48. The van der Waals surface area contributed by atoms with Crippen LogP contribution in [-0.4, -0.2) is 23.7 Å². The minimum absolute atomic E-state index is 0. The number of carboxylic acids is 1. The first kappa shape index (κ1) is 19.3. The fourth-order valence-corrected chi connectivity index (χ4v) is 2.23. The Hall–Kier alpha value is -1.68. The highest BCUT2D eigenvalue weighted by atomic mass is 32.2. The summed E-state index contributed by atoms with van der Waals surface area (Å²) in [5.41, 5.74) is 0. The first-order chi connectivity index (χ1) is 9.20. The number of hydrogen-bond donors (Lipinski definition) is 2. The largest absolute Gasteiger partial charge is 0.548 e. The Morgan fingerprint density at radius 1 is 1.43 bits per heavy atom. The molecule has 0 aliphatic carbocycles. The van der Waals surface area contributed by atoms with Crippen molar-refractivity contribution in [2.24, 2.45) is 0 Å². The number of halogens is 3. The number of furan rings is 1. The quantitative estimate of drug-likeness (QED) is 0.812. The number of nitrogens with one attached hydrogen (secondary N) is 1. The summed E-state index contributed by atoms with van der Waals surface area (Å²) in [7, 11) is 0. The van der Waals surface area contributed by atoms with Gasteiger partial charge in [-0.3, -0.25) is 4.79 Å². The van der Waals surface area contributed by atoms with Gasteiger partial charge < -0.3 is 25.8 Å². The van der Waals surface area contributed by atoms with E-state index in [0.717, 1.165) is 24.8 Å². The minimum atomic E-state index is -4.55. The van der Waals surface area contributed by atoms with Gasteiger partial charge in [0.05, 0.1) is 17.8 Å². The van der Waals surface area contributed by atoms with Crippen molar-refractivity contribution >= 4 is 23.6 Å². The Labute approximate surface area is 122 Å². The third-order valence-corrected chi connectivity index (χ3v) is 3.19. The van der Waals surface area contributed by atoms with Crippen LogP contribution in [0, 0.1) is 0 Å². The summed E-state index contributed by atoms with van der Waals surface area (Å²) in [6.07, 6.45) is -4.55. The number of rotatable bonds is 6. The molecule has 0 radical (unpaired) electrons. The van der Waals surface area contributed by atoms with Crippen LogP contribution in [-0.2, 0) is 21.5 Å². The summed E-state index contributed by atoms with van der Waals surface area (Å²) in [4.78, 5) is 21.5. The molecule has 0 fully saturated rings. The second kappa shape index (κ2) is 7.93. The monoisotopic (exact) mass is 328 g/mol. The second-order valence-electron chi connectivity index (χ2n) is 3.85. The molecule has 6 nitrogen and oxygen atoms in total. The standard InChI is InChI=1S/C11H12F3NO4S.H3N/c1-6(16)15-8(10(17)18)5-20-4-7-2-3-9(19-7)11(12,13)14;/h2-3,8H,4-5H2,1H3,(H,15,16)(H,17,18);1H3. The third-order valence-electron chi connectivity index (χ3n) is 2.13. The molecule has 0 saturated heterocycles. The van der Waals surface area contributed by atoms with Gasteiger partial charge in [-0.2, -0.15) is 24.9 Å². The van der Waals surface area contributed by atoms with Gasteiger partial charge in [-0.05, 0) is 12.1 Å². The normalized spacial score (nSPS) is 12.4. The van der Waals surface area contributed by atoms with Crippen LogP contribution in [0.3, 0.4) is 0 Å². The minimum Gasteiger partial charge on any atom is -0.548 e. The van der Waals surface area contributed by atoms with Crippen LogP contribution in [0.1, 0.15) is 18.4 Å². The molecule has 1 rings (SSSR count). The number of quaternary nitrogens is 1. The number of carbonyl (C=O) groups is 2. The van der Waals surface area contributed by atoms with E-state index in [1.807, 2.05) is 0 Å². The van der Waals surface area contributed by atoms with Gasteiger partial charge in [-0.25, -0.2) is 0 Å². The number of carbonyl (C=O) groups excluding carboxylic acids is 2. The van der Waals surface area contributed by atoms with Crippen molar-refractivity contribution in [3.8, 4) is 0 Å². The zero-order valence-corrected chi connectivity index (χ0v) is 12.1. The molecule has 5 N–H and O–H groups in total. The zero-order chi connectivity index (χ0) is 15.3. The SMILES string of the molecule is CC(=O)NC(CSCc1ccc(C(F)(F)F)o1)C(=O)[O-].[NH4+]. The van der Waals surface area contributed by atoms with Crippen LogP contribution < -0.4 is 16.6 Å².